The van der Waals surface area contributed by atoms with Crippen LogP contribution in [0.3, 0.4) is 0 Å². The molecule has 0 aliphatic rings. The van der Waals surface area contributed by atoms with Crippen molar-refractivity contribution in [3.8, 4) is 6.07 Å². The highest BCUT2D eigenvalue weighted by Gasteiger charge is 2.34. The van der Waals surface area contributed by atoms with Gasteiger partial charge in [0.05, 0.1) is 18.4 Å². The molecule has 1 N–H and O–H groups in total. The quantitative estimate of drug-likeness (QED) is 0.699. The lowest BCUT2D eigenvalue weighted by molar-refractivity contribution is -0.141. The highest BCUT2D eigenvalue weighted by molar-refractivity contribution is 5.97. The van der Waals surface area contributed by atoms with E-state index in [1.165, 1.54) is 11.8 Å². The van der Waals surface area contributed by atoms with Gasteiger partial charge in [0.2, 0.25) is 5.91 Å². The lowest BCUT2D eigenvalue weighted by Crippen LogP contribution is -2.32. The van der Waals surface area contributed by atoms with Crippen LogP contribution in [0.2, 0.25) is 0 Å². The molecule has 3 aromatic rings. The molecule has 0 saturated heterocycles. The molecule has 2 aromatic heterocycles. The third kappa shape index (κ3) is 4.01. The fourth-order valence-electron chi connectivity index (χ4n) is 2.86. The molecule has 2 heterocycles. The Labute approximate surface area is 164 Å². The Kier molecular flexibility index (Phi) is 5.20. The summed E-state index contributed by atoms with van der Waals surface area (Å²) in [6, 6.07) is 7.86. The number of hydrogen-bond donors (Lipinski definition) is 1. The summed E-state index contributed by atoms with van der Waals surface area (Å²) in [5.41, 5.74) is 1.17. The second-order valence-electron chi connectivity index (χ2n) is 6.56. The van der Waals surface area contributed by atoms with Crippen LogP contribution < -0.4 is 10.2 Å². The Morgan fingerprint density at radius 3 is 2.66 bits per heavy atom. The minimum atomic E-state index is -4.66. The first-order valence-electron chi connectivity index (χ1n) is 8.59. The van der Waals surface area contributed by atoms with Crippen LogP contribution in [0.1, 0.15) is 22.4 Å². The standard InChI is InChI=1S/C20H17F3N4O2/c1-11-6-17(20(21,22)23)26-19(15(11)8-24)25-9-18(28)27(3)13-4-5-16-14(7-13)12(2)10-29-16/h4-7,10H,9H2,1-3H3,(H,25,26). The number of amides is 1. The van der Waals surface area contributed by atoms with E-state index in [1.807, 2.05) is 13.0 Å². The average molecular weight is 402 g/mol. The van der Waals surface area contributed by atoms with Gasteiger partial charge in [0.25, 0.3) is 0 Å². The van der Waals surface area contributed by atoms with Crippen LogP contribution in [0.5, 0.6) is 0 Å². The van der Waals surface area contributed by atoms with E-state index in [-0.39, 0.29) is 23.5 Å². The predicted octanol–water partition coefficient (Wildman–Crippen LogP) is 4.41. The summed E-state index contributed by atoms with van der Waals surface area (Å²) in [7, 11) is 1.55. The fraction of sp³-hybridized carbons (Fsp3) is 0.250. The van der Waals surface area contributed by atoms with Crippen molar-refractivity contribution in [3.63, 3.8) is 0 Å². The zero-order valence-electron chi connectivity index (χ0n) is 15.9. The van der Waals surface area contributed by atoms with E-state index in [4.69, 9.17) is 4.42 Å². The molecule has 3 rings (SSSR count). The molecule has 1 aromatic carbocycles. The summed E-state index contributed by atoms with van der Waals surface area (Å²) in [5, 5.41) is 12.7. The number of halogens is 3. The monoisotopic (exact) mass is 402 g/mol. The number of carbonyl (C=O) groups is 1. The molecule has 0 aliphatic carbocycles. The van der Waals surface area contributed by atoms with Crippen molar-refractivity contribution in [2.24, 2.45) is 0 Å². The highest BCUT2D eigenvalue weighted by Crippen LogP contribution is 2.31. The maximum Gasteiger partial charge on any atom is 0.433 e. The minimum Gasteiger partial charge on any atom is -0.464 e. The molecule has 0 radical (unpaired) electrons. The van der Waals surface area contributed by atoms with Crippen LogP contribution in [0.25, 0.3) is 11.0 Å². The van der Waals surface area contributed by atoms with E-state index in [2.05, 4.69) is 10.3 Å². The van der Waals surface area contributed by atoms with Crippen molar-refractivity contribution in [2.45, 2.75) is 20.0 Å². The van der Waals surface area contributed by atoms with Gasteiger partial charge in [0.15, 0.2) is 0 Å². The molecular weight excluding hydrogens is 385 g/mol. The summed E-state index contributed by atoms with van der Waals surface area (Å²) < 4.78 is 44.4. The van der Waals surface area contributed by atoms with Crippen molar-refractivity contribution in [1.82, 2.24) is 4.98 Å². The number of pyridine rings is 1. The Morgan fingerprint density at radius 1 is 1.28 bits per heavy atom. The van der Waals surface area contributed by atoms with E-state index in [0.29, 0.717) is 11.3 Å². The molecule has 0 atom stereocenters. The fourth-order valence-corrected chi connectivity index (χ4v) is 2.86. The zero-order chi connectivity index (χ0) is 21.3. The molecule has 0 unspecified atom stereocenters. The highest BCUT2D eigenvalue weighted by atomic mass is 19.4. The number of fused-ring (bicyclic) bond motifs is 1. The molecule has 9 heteroatoms. The summed E-state index contributed by atoms with van der Waals surface area (Å²) >= 11 is 0. The summed E-state index contributed by atoms with van der Waals surface area (Å²) in [4.78, 5) is 17.4. The Morgan fingerprint density at radius 2 is 2.00 bits per heavy atom. The van der Waals surface area contributed by atoms with Crippen LogP contribution in [0, 0.1) is 25.2 Å². The van der Waals surface area contributed by atoms with Gasteiger partial charge in [0, 0.05) is 18.1 Å². The van der Waals surface area contributed by atoms with Crippen molar-refractivity contribution in [3.05, 3.63) is 52.9 Å². The third-order valence-corrected chi connectivity index (χ3v) is 4.54. The number of alkyl halides is 3. The topological polar surface area (TPSA) is 82.2 Å². The average Bonchev–Trinajstić information content (AvgIpc) is 3.04. The molecule has 0 saturated carbocycles. The molecule has 0 bridgehead atoms. The number of aromatic nitrogens is 1. The minimum absolute atomic E-state index is 0.0381. The molecule has 1 amide bonds. The van der Waals surface area contributed by atoms with Crippen LogP contribution in [0.15, 0.2) is 34.9 Å². The SMILES string of the molecule is Cc1cc(C(F)(F)F)nc(NCC(=O)N(C)c2ccc3occ(C)c3c2)c1C#N. The van der Waals surface area contributed by atoms with Gasteiger partial charge in [-0.1, -0.05) is 0 Å². The number of furan rings is 1. The van der Waals surface area contributed by atoms with Gasteiger partial charge < -0.3 is 14.6 Å². The van der Waals surface area contributed by atoms with Crippen molar-refractivity contribution < 1.29 is 22.4 Å². The van der Waals surface area contributed by atoms with E-state index in [9.17, 15) is 23.2 Å². The Balaban J connectivity index is 1.81. The molecular formula is C20H17F3N4O2. The largest absolute Gasteiger partial charge is 0.464 e. The number of nitrogens with zero attached hydrogens (tertiary/aromatic N) is 3. The molecule has 0 aliphatic heterocycles. The summed E-state index contributed by atoms with van der Waals surface area (Å²) in [6.07, 6.45) is -3.04. The predicted molar refractivity (Wildman–Crippen MR) is 102 cm³/mol. The van der Waals surface area contributed by atoms with Crippen molar-refractivity contribution in [1.29, 1.82) is 5.26 Å². The number of hydrogen-bond acceptors (Lipinski definition) is 5. The number of nitrogens with one attached hydrogen (secondary N) is 1. The van der Waals surface area contributed by atoms with Gasteiger partial charge in [-0.3, -0.25) is 4.79 Å². The number of anilines is 2. The number of aryl methyl sites for hydroxylation is 2. The third-order valence-electron chi connectivity index (χ3n) is 4.54. The number of benzene rings is 1. The van der Waals surface area contributed by atoms with Gasteiger partial charge >= 0.3 is 6.18 Å². The van der Waals surface area contributed by atoms with Crippen molar-refractivity contribution >= 4 is 28.4 Å². The first-order valence-corrected chi connectivity index (χ1v) is 8.59. The van der Waals surface area contributed by atoms with Gasteiger partial charge in [-0.25, -0.2) is 4.98 Å². The van der Waals surface area contributed by atoms with Crippen molar-refractivity contribution in [2.75, 3.05) is 23.8 Å². The van der Waals surface area contributed by atoms with Gasteiger partial charge in [0.1, 0.15) is 23.2 Å². The van der Waals surface area contributed by atoms with E-state index >= 15 is 0 Å². The molecule has 6 nitrogen and oxygen atoms in total. The smallest absolute Gasteiger partial charge is 0.433 e. The molecule has 0 spiro atoms. The molecule has 150 valence electrons. The Bertz CT molecular complexity index is 1130. The summed E-state index contributed by atoms with van der Waals surface area (Å²) in [6.45, 7) is 2.93. The second-order valence-corrected chi connectivity index (χ2v) is 6.56. The lowest BCUT2D eigenvalue weighted by atomic mass is 10.1. The second kappa shape index (κ2) is 7.47. The number of likely N-dealkylation sites (N-methyl/N-ethyl adjacent to an activating group) is 1. The van der Waals surface area contributed by atoms with Crippen LogP contribution in [0.4, 0.5) is 24.7 Å². The lowest BCUT2D eigenvalue weighted by Gasteiger charge is -2.19. The maximum absolute atomic E-state index is 13.0. The van der Waals surface area contributed by atoms with Gasteiger partial charge in [-0.2, -0.15) is 18.4 Å². The van der Waals surface area contributed by atoms with E-state index in [1.54, 1.807) is 31.5 Å². The van der Waals surface area contributed by atoms with Crippen LogP contribution in [-0.4, -0.2) is 24.5 Å². The van der Waals surface area contributed by atoms with Crippen LogP contribution >= 0.6 is 0 Å². The number of carbonyl (C=O) groups excluding carboxylic acids is 1. The normalized spacial score (nSPS) is 11.3. The van der Waals surface area contributed by atoms with Crippen LogP contribution in [-0.2, 0) is 11.0 Å². The Hall–Kier alpha value is -3.54. The molecule has 29 heavy (non-hydrogen) atoms. The number of nitriles is 1. The number of rotatable bonds is 4. The summed E-state index contributed by atoms with van der Waals surface area (Å²) in [5.74, 6) is -0.686. The van der Waals surface area contributed by atoms with Gasteiger partial charge in [-0.05, 0) is 49.2 Å². The zero-order valence-corrected chi connectivity index (χ0v) is 15.9. The van der Waals surface area contributed by atoms with Gasteiger partial charge in [-0.15, -0.1) is 0 Å². The van der Waals surface area contributed by atoms with E-state index < -0.39 is 17.8 Å². The first-order chi connectivity index (χ1) is 13.6. The first kappa shape index (κ1) is 20.2. The maximum atomic E-state index is 13.0. The van der Waals surface area contributed by atoms with E-state index in [0.717, 1.165) is 17.0 Å². The molecule has 0 fully saturated rings.